The van der Waals surface area contributed by atoms with Crippen LogP contribution in [-0.4, -0.2) is 25.0 Å². The van der Waals surface area contributed by atoms with E-state index in [-0.39, 0.29) is 5.91 Å². The normalized spacial score (nSPS) is 26.5. The van der Waals surface area contributed by atoms with Gasteiger partial charge >= 0.3 is 5.97 Å². The van der Waals surface area contributed by atoms with Crippen LogP contribution in [-0.2, 0) is 19.7 Å². The van der Waals surface area contributed by atoms with E-state index < -0.39 is 29.4 Å². The molecule has 3 aromatic rings. The highest BCUT2D eigenvalue weighted by Gasteiger charge is 2.66. The quantitative estimate of drug-likeness (QED) is 0.609. The molecule has 1 spiro atoms. The molecule has 2 N–H and O–H groups in total. The third kappa shape index (κ3) is 2.81. The Morgan fingerprint density at radius 3 is 2.39 bits per heavy atom. The molecule has 1 amide bonds. The van der Waals surface area contributed by atoms with Crippen LogP contribution in [0.1, 0.15) is 28.7 Å². The minimum absolute atomic E-state index is 0.161. The van der Waals surface area contributed by atoms with Gasteiger partial charge in [0.25, 0.3) is 0 Å². The Hall–Kier alpha value is -3.15. The van der Waals surface area contributed by atoms with E-state index >= 15 is 0 Å². The number of para-hydroxylation sites is 1. The summed E-state index contributed by atoms with van der Waals surface area (Å²) >= 11 is 6.61. The van der Waals surface area contributed by atoms with Crippen LogP contribution in [0.2, 0.25) is 5.02 Å². The highest BCUT2D eigenvalue weighted by Crippen LogP contribution is 2.59. The SMILES string of the molecule is COC(=O)[C@@H]1N[C@H](c2ccccc2Cl)[C@]2(C(=O)Nc3ccccc32)[C@H]1c1ccccc1. The highest BCUT2D eigenvalue weighted by atomic mass is 35.5. The molecule has 3 aromatic carbocycles. The topological polar surface area (TPSA) is 67.4 Å². The Labute approximate surface area is 185 Å². The summed E-state index contributed by atoms with van der Waals surface area (Å²) in [6.45, 7) is 0. The van der Waals surface area contributed by atoms with Crippen LogP contribution in [0.4, 0.5) is 5.69 Å². The summed E-state index contributed by atoms with van der Waals surface area (Å²) in [5.74, 6) is -1.07. The van der Waals surface area contributed by atoms with Crippen LogP contribution in [0.15, 0.2) is 78.9 Å². The predicted octanol–water partition coefficient (Wildman–Crippen LogP) is 4.20. The molecule has 2 heterocycles. The summed E-state index contributed by atoms with van der Waals surface area (Å²) in [7, 11) is 1.37. The van der Waals surface area contributed by atoms with Crippen LogP contribution in [0.3, 0.4) is 0 Å². The molecule has 2 aliphatic heterocycles. The molecule has 5 nitrogen and oxygen atoms in total. The van der Waals surface area contributed by atoms with E-state index in [1.54, 1.807) is 6.07 Å². The number of fused-ring (bicyclic) bond motifs is 2. The standard InChI is InChI=1S/C25H21ClN2O3/c1-31-23(29)21-20(15-9-3-2-4-10-15)25(17-12-6-8-14-19(17)27-24(25)30)22(28-21)16-11-5-7-13-18(16)26/h2-14,20-22,28H,1H3,(H,27,30)/t20-,21+,22+,25+/m0/s1. The lowest BCUT2D eigenvalue weighted by Gasteiger charge is -2.35. The van der Waals surface area contributed by atoms with Gasteiger partial charge in [0, 0.05) is 16.6 Å². The van der Waals surface area contributed by atoms with E-state index in [1.165, 1.54) is 7.11 Å². The van der Waals surface area contributed by atoms with Gasteiger partial charge in [0.05, 0.1) is 13.2 Å². The number of ether oxygens (including phenoxy) is 1. The van der Waals surface area contributed by atoms with Gasteiger partial charge in [-0.15, -0.1) is 0 Å². The average molecular weight is 433 g/mol. The third-order valence-corrected chi connectivity index (χ3v) is 6.80. The maximum absolute atomic E-state index is 13.8. The van der Waals surface area contributed by atoms with Crippen molar-refractivity contribution in [2.45, 2.75) is 23.4 Å². The number of anilines is 1. The van der Waals surface area contributed by atoms with Crippen LogP contribution in [0, 0.1) is 0 Å². The maximum Gasteiger partial charge on any atom is 0.323 e. The zero-order valence-electron chi connectivity index (χ0n) is 16.8. The Bertz CT molecular complexity index is 1170. The van der Waals surface area contributed by atoms with Gasteiger partial charge in [0.2, 0.25) is 5.91 Å². The smallest absolute Gasteiger partial charge is 0.323 e. The molecular weight excluding hydrogens is 412 g/mol. The van der Waals surface area contributed by atoms with E-state index in [0.29, 0.717) is 5.02 Å². The van der Waals surface area contributed by atoms with Gasteiger partial charge in [-0.3, -0.25) is 14.9 Å². The maximum atomic E-state index is 13.8. The average Bonchev–Trinajstić information content (AvgIpc) is 3.30. The summed E-state index contributed by atoms with van der Waals surface area (Å²) in [4.78, 5) is 26.8. The molecule has 0 bridgehead atoms. The predicted molar refractivity (Wildman–Crippen MR) is 119 cm³/mol. The Kier molecular flexibility index (Phi) is 4.80. The van der Waals surface area contributed by atoms with Crippen molar-refractivity contribution in [1.82, 2.24) is 5.32 Å². The van der Waals surface area contributed by atoms with Crippen molar-refractivity contribution >= 4 is 29.2 Å². The molecular formula is C25H21ClN2O3. The second kappa shape index (κ2) is 7.52. The van der Waals surface area contributed by atoms with Crippen LogP contribution < -0.4 is 10.6 Å². The van der Waals surface area contributed by atoms with Crippen LogP contribution in [0.25, 0.3) is 0 Å². The lowest BCUT2D eigenvalue weighted by Crippen LogP contribution is -2.44. The summed E-state index contributed by atoms with van der Waals surface area (Å²) < 4.78 is 5.16. The third-order valence-electron chi connectivity index (χ3n) is 6.45. The number of rotatable bonds is 3. The fraction of sp³-hybridized carbons (Fsp3) is 0.200. The van der Waals surface area contributed by atoms with Gasteiger partial charge in [-0.1, -0.05) is 78.3 Å². The van der Waals surface area contributed by atoms with E-state index in [0.717, 1.165) is 22.4 Å². The number of methoxy groups -OCH3 is 1. The van der Waals surface area contributed by atoms with Gasteiger partial charge in [-0.2, -0.15) is 0 Å². The molecule has 1 fully saturated rings. The van der Waals surface area contributed by atoms with Crippen molar-refractivity contribution in [3.63, 3.8) is 0 Å². The van der Waals surface area contributed by atoms with Crippen LogP contribution in [0.5, 0.6) is 0 Å². The fourth-order valence-corrected chi connectivity index (χ4v) is 5.48. The van der Waals surface area contributed by atoms with Gasteiger partial charge in [-0.25, -0.2) is 0 Å². The number of carbonyl (C=O) groups excluding carboxylic acids is 2. The van der Waals surface area contributed by atoms with Gasteiger partial charge in [0.15, 0.2) is 0 Å². The van der Waals surface area contributed by atoms with Gasteiger partial charge in [-0.05, 0) is 28.8 Å². The first-order valence-corrected chi connectivity index (χ1v) is 10.5. The lowest BCUT2D eigenvalue weighted by molar-refractivity contribution is -0.143. The summed E-state index contributed by atoms with van der Waals surface area (Å²) in [6, 6.07) is 23.5. The zero-order chi connectivity index (χ0) is 21.6. The first-order valence-electron chi connectivity index (χ1n) is 10.1. The van der Waals surface area contributed by atoms with Crippen molar-refractivity contribution in [2.75, 3.05) is 12.4 Å². The molecule has 0 saturated carbocycles. The van der Waals surface area contributed by atoms with Gasteiger partial charge in [0.1, 0.15) is 11.5 Å². The molecule has 4 atom stereocenters. The number of benzene rings is 3. The molecule has 2 aliphatic rings. The molecule has 156 valence electrons. The number of nitrogens with one attached hydrogen (secondary N) is 2. The Morgan fingerprint density at radius 1 is 0.968 bits per heavy atom. The minimum Gasteiger partial charge on any atom is -0.468 e. The zero-order valence-corrected chi connectivity index (χ0v) is 17.6. The molecule has 0 aliphatic carbocycles. The molecule has 0 aromatic heterocycles. The molecule has 0 unspecified atom stereocenters. The first-order chi connectivity index (χ1) is 15.1. The summed E-state index contributed by atoms with van der Waals surface area (Å²) in [5.41, 5.74) is 2.16. The molecule has 1 saturated heterocycles. The first kappa shape index (κ1) is 19.8. The number of hydrogen-bond donors (Lipinski definition) is 2. The second-order valence-corrected chi connectivity index (χ2v) is 8.29. The van der Waals surface area contributed by atoms with Crippen molar-refractivity contribution in [2.24, 2.45) is 0 Å². The van der Waals surface area contributed by atoms with E-state index in [1.807, 2.05) is 72.8 Å². The Morgan fingerprint density at radius 2 is 1.65 bits per heavy atom. The lowest BCUT2D eigenvalue weighted by atomic mass is 9.63. The molecule has 31 heavy (non-hydrogen) atoms. The van der Waals surface area contributed by atoms with Crippen LogP contribution >= 0.6 is 11.6 Å². The Balaban J connectivity index is 1.83. The number of carbonyl (C=O) groups is 2. The van der Waals surface area contributed by atoms with Crippen molar-refractivity contribution < 1.29 is 14.3 Å². The van der Waals surface area contributed by atoms with E-state index in [2.05, 4.69) is 10.6 Å². The molecule has 6 heteroatoms. The fourth-order valence-electron chi connectivity index (χ4n) is 5.24. The monoisotopic (exact) mass is 432 g/mol. The number of halogens is 1. The van der Waals surface area contributed by atoms with E-state index in [9.17, 15) is 9.59 Å². The largest absolute Gasteiger partial charge is 0.468 e. The minimum atomic E-state index is -1.08. The highest BCUT2D eigenvalue weighted by molar-refractivity contribution is 6.31. The van der Waals surface area contributed by atoms with Crippen molar-refractivity contribution in [1.29, 1.82) is 0 Å². The van der Waals surface area contributed by atoms with E-state index in [4.69, 9.17) is 16.3 Å². The number of esters is 1. The number of amides is 1. The van der Waals surface area contributed by atoms with Gasteiger partial charge < -0.3 is 10.1 Å². The number of hydrogen-bond acceptors (Lipinski definition) is 4. The van der Waals surface area contributed by atoms with Crippen molar-refractivity contribution in [3.8, 4) is 0 Å². The molecule has 5 rings (SSSR count). The summed E-state index contributed by atoms with van der Waals surface area (Å²) in [5, 5.41) is 7.02. The van der Waals surface area contributed by atoms with Crippen molar-refractivity contribution in [3.05, 3.63) is 101 Å². The second-order valence-electron chi connectivity index (χ2n) is 7.88. The molecule has 0 radical (unpaired) electrons. The summed E-state index contributed by atoms with van der Waals surface area (Å²) in [6.07, 6.45) is 0.